The van der Waals surface area contributed by atoms with Gasteiger partial charge in [0, 0.05) is 20.6 Å². The topological polar surface area (TPSA) is 41.6 Å². The average molecular weight is 214 g/mol. The molecule has 0 spiro atoms. The standard InChI is InChI=1S/C11H22N2O2/c1-11(6-4-7-12-9-11)15-8-5-10(14)13(2)3/h12H,4-9H2,1-3H3. The smallest absolute Gasteiger partial charge is 0.224 e. The summed E-state index contributed by atoms with van der Waals surface area (Å²) in [5.41, 5.74) is -0.0785. The number of carbonyl (C=O) groups is 1. The molecular weight excluding hydrogens is 192 g/mol. The quantitative estimate of drug-likeness (QED) is 0.746. The van der Waals surface area contributed by atoms with E-state index >= 15 is 0 Å². The Kier molecular flexibility index (Phi) is 4.54. The average Bonchev–Trinajstić information content (AvgIpc) is 2.18. The van der Waals surface area contributed by atoms with Crippen LogP contribution in [0.1, 0.15) is 26.2 Å². The summed E-state index contributed by atoms with van der Waals surface area (Å²) in [5, 5.41) is 3.32. The van der Waals surface area contributed by atoms with Crippen LogP contribution in [0.3, 0.4) is 0 Å². The van der Waals surface area contributed by atoms with Crippen molar-refractivity contribution in [3.63, 3.8) is 0 Å². The minimum atomic E-state index is -0.0785. The summed E-state index contributed by atoms with van der Waals surface area (Å²) in [6.07, 6.45) is 2.71. The zero-order valence-corrected chi connectivity index (χ0v) is 10.0. The van der Waals surface area contributed by atoms with Gasteiger partial charge in [-0.15, -0.1) is 0 Å². The molecule has 1 aliphatic rings. The molecule has 1 saturated heterocycles. The molecule has 0 bridgehead atoms. The molecular formula is C11H22N2O2. The lowest BCUT2D eigenvalue weighted by molar-refractivity contribution is -0.131. The molecule has 1 heterocycles. The van der Waals surface area contributed by atoms with Crippen molar-refractivity contribution in [1.82, 2.24) is 10.2 Å². The second-order valence-corrected chi connectivity index (χ2v) is 4.62. The first-order chi connectivity index (χ1) is 7.03. The first kappa shape index (κ1) is 12.5. The fourth-order valence-corrected chi connectivity index (χ4v) is 1.76. The third-order valence-corrected chi connectivity index (χ3v) is 2.82. The largest absolute Gasteiger partial charge is 0.373 e. The van der Waals surface area contributed by atoms with E-state index in [1.807, 2.05) is 0 Å². The fraction of sp³-hybridized carbons (Fsp3) is 0.909. The van der Waals surface area contributed by atoms with Crippen molar-refractivity contribution in [2.24, 2.45) is 0 Å². The highest BCUT2D eigenvalue weighted by Gasteiger charge is 2.27. The summed E-state index contributed by atoms with van der Waals surface area (Å²) in [5.74, 6) is 0.127. The molecule has 1 N–H and O–H groups in total. The lowest BCUT2D eigenvalue weighted by Crippen LogP contribution is -2.45. The van der Waals surface area contributed by atoms with Gasteiger partial charge >= 0.3 is 0 Å². The number of ether oxygens (including phenoxy) is 1. The molecule has 1 atom stereocenters. The van der Waals surface area contributed by atoms with Crippen LogP contribution in [0.4, 0.5) is 0 Å². The molecule has 0 saturated carbocycles. The van der Waals surface area contributed by atoms with E-state index < -0.39 is 0 Å². The molecule has 15 heavy (non-hydrogen) atoms. The summed E-state index contributed by atoms with van der Waals surface area (Å²) >= 11 is 0. The number of nitrogens with one attached hydrogen (secondary N) is 1. The molecule has 0 aromatic rings. The summed E-state index contributed by atoms with van der Waals surface area (Å²) < 4.78 is 5.78. The van der Waals surface area contributed by atoms with Crippen LogP contribution in [0.5, 0.6) is 0 Å². The monoisotopic (exact) mass is 214 g/mol. The van der Waals surface area contributed by atoms with Crippen molar-refractivity contribution in [2.45, 2.75) is 31.8 Å². The first-order valence-electron chi connectivity index (χ1n) is 5.58. The van der Waals surface area contributed by atoms with E-state index in [1.165, 1.54) is 0 Å². The Morgan fingerprint density at radius 2 is 2.27 bits per heavy atom. The summed E-state index contributed by atoms with van der Waals surface area (Å²) in [7, 11) is 3.54. The van der Waals surface area contributed by atoms with E-state index in [1.54, 1.807) is 19.0 Å². The molecule has 1 fully saturated rings. The van der Waals surface area contributed by atoms with Gasteiger partial charge in [-0.25, -0.2) is 0 Å². The lowest BCUT2D eigenvalue weighted by Gasteiger charge is -2.34. The number of piperidine rings is 1. The fourth-order valence-electron chi connectivity index (χ4n) is 1.76. The highest BCUT2D eigenvalue weighted by atomic mass is 16.5. The Labute approximate surface area is 92.0 Å². The van der Waals surface area contributed by atoms with Crippen LogP contribution in [0.2, 0.25) is 0 Å². The van der Waals surface area contributed by atoms with Crippen molar-refractivity contribution >= 4 is 5.91 Å². The SMILES string of the molecule is CN(C)C(=O)CCOC1(C)CCCNC1. The van der Waals surface area contributed by atoms with Gasteiger partial charge in [-0.1, -0.05) is 0 Å². The second-order valence-electron chi connectivity index (χ2n) is 4.62. The van der Waals surface area contributed by atoms with Gasteiger partial charge in [0.05, 0.1) is 18.6 Å². The maximum atomic E-state index is 11.3. The van der Waals surface area contributed by atoms with Crippen molar-refractivity contribution in [3.8, 4) is 0 Å². The number of carbonyl (C=O) groups excluding carboxylic acids is 1. The van der Waals surface area contributed by atoms with Crippen LogP contribution in [-0.2, 0) is 9.53 Å². The van der Waals surface area contributed by atoms with Crippen LogP contribution < -0.4 is 5.32 Å². The molecule has 88 valence electrons. The molecule has 4 nitrogen and oxygen atoms in total. The van der Waals surface area contributed by atoms with E-state index in [2.05, 4.69) is 12.2 Å². The van der Waals surface area contributed by atoms with Gasteiger partial charge in [-0.2, -0.15) is 0 Å². The minimum absolute atomic E-state index is 0.0785. The van der Waals surface area contributed by atoms with E-state index in [9.17, 15) is 4.79 Å². The first-order valence-corrected chi connectivity index (χ1v) is 5.58. The maximum absolute atomic E-state index is 11.3. The molecule has 1 rings (SSSR count). The van der Waals surface area contributed by atoms with E-state index in [0.29, 0.717) is 13.0 Å². The zero-order chi connectivity index (χ0) is 11.3. The van der Waals surface area contributed by atoms with Gasteiger partial charge in [0.2, 0.25) is 5.91 Å². The number of hydrogen-bond donors (Lipinski definition) is 1. The van der Waals surface area contributed by atoms with Gasteiger partial charge in [-0.05, 0) is 26.3 Å². The number of hydrogen-bond acceptors (Lipinski definition) is 3. The van der Waals surface area contributed by atoms with Crippen LogP contribution in [0.15, 0.2) is 0 Å². The zero-order valence-electron chi connectivity index (χ0n) is 10.0. The minimum Gasteiger partial charge on any atom is -0.373 e. The highest BCUT2D eigenvalue weighted by molar-refractivity contribution is 5.75. The van der Waals surface area contributed by atoms with Crippen molar-refractivity contribution in [2.75, 3.05) is 33.8 Å². The third-order valence-electron chi connectivity index (χ3n) is 2.82. The van der Waals surface area contributed by atoms with Crippen molar-refractivity contribution in [1.29, 1.82) is 0 Å². The lowest BCUT2D eigenvalue weighted by atomic mass is 9.96. The number of amides is 1. The molecule has 0 radical (unpaired) electrons. The Bertz CT molecular complexity index is 211. The van der Waals surface area contributed by atoms with E-state index in [-0.39, 0.29) is 11.5 Å². The van der Waals surface area contributed by atoms with Gasteiger partial charge in [0.25, 0.3) is 0 Å². The Morgan fingerprint density at radius 3 is 2.80 bits per heavy atom. The predicted octanol–water partition coefficient (Wildman–Crippen LogP) is 0.623. The molecule has 1 unspecified atom stereocenters. The van der Waals surface area contributed by atoms with Crippen molar-refractivity contribution in [3.05, 3.63) is 0 Å². The molecule has 0 aromatic heterocycles. The van der Waals surface area contributed by atoms with Crippen LogP contribution in [-0.4, -0.2) is 50.2 Å². The molecule has 1 aliphatic heterocycles. The van der Waals surface area contributed by atoms with Crippen LogP contribution in [0.25, 0.3) is 0 Å². The van der Waals surface area contributed by atoms with E-state index in [4.69, 9.17) is 4.74 Å². The molecule has 4 heteroatoms. The highest BCUT2D eigenvalue weighted by Crippen LogP contribution is 2.19. The number of rotatable bonds is 4. The summed E-state index contributed by atoms with van der Waals surface area (Å²) in [6.45, 7) is 4.60. The van der Waals surface area contributed by atoms with E-state index in [0.717, 1.165) is 25.9 Å². The Hall–Kier alpha value is -0.610. The van der Waals surface area contributed by atoms with Crippen LogP contribution >= 0.6 is 0 Å². The summed E-state index contributed by atoms with van der Waals surface area (Å²) in [4.78, 5) is 12.9. The molecule has 0 aliphatic carbocycles. The normalized spacial score (nSPS) is 26.3. The summed E-state index contributed by atoms with van der Waals surface area (Å²) in [6, 6.07) is 0. The Balaban J connectivity index is 2.21. The van der Waals surface area contributed by atoms with Gasteiger partial charge in [0.1, 0.15) is 0 Å². The van der Waals surface area contributed by atoms with Gasteiger partial charge in [-0.3, -0.25) is 4.79 Å². The predicted molar refractivity (Wildman–Crippen MR) is 59.8 cm³/mol. The van der Waals surface area contributed by atoms with Crippen molar-refractivity contribution < 1.29 is 9.53 Å². The Morgan fingerprint density at radius 1 is 1.53 bits per heavy atom. The molecule has 1 amide bonds. The molecule has 0 aromatic carbocycles. The van der Waals surface area contributed by atoms with Gasteiger partial charge < -0.3 is 15.0 Å². The second kappa shape index (κ2) is 5.47. The van der Waals surface area contributed by atoms with Gasteiger partial charge in [0.15, 0.2) is 0 Å². The third kappa shape index (κ3) is 4.18. The number of nitrogens with zero attached hydrogens (tertiary/aromatic N) is 1. The maximum Gasteiger partial charge on any atom is 0.224 e. The van der Waals surface area contributed by atoms with Crippen LogP contribution in [0, 0.1) is 0 Å².